The zero-order valence-corrected chi connectivity index (χ0v) is 11.2. The lowest BCUT2D eigenvalue weighted by atomic mass is 10.0. The van der Waals surface area contributed by atoms with E-state index in [1.807, 2.05) is 0 Å². The van der Waals surface area contributed by atoms with Crippen LogP contribution in [0.2, 0.25) is 0 Å². The van der Waals surface area contributed by atoms with E-state index in [0.29, 0.717) is 18.6 Å². The van der Waals surface area contributed by atoms with Crippen LogP contribution >= 0.6 is 15.9 Å². The number of ether oxygens (including phenoxy) is 1. The van der Waals surface area contributed by atoms with Crippen molar-refractivity contribution in [2.45, 2.75) is 17.7 Å². The Hall–Kier alpha value is -1.08. The average Bonchev–Trinajstić information content (AvgIpc) is 2.29. The van der Waals surface area contributed by atoms with Crippen LogP contribution in [0.15, 0.2) is 18.2 Å². The third kappa shape index (κ3) is 3.99. The van der Waals surface area contributed by atoms with Crippen molar-refractivity contribution in [1.82, 2.24) is 0 Å². The fraction of sp³-hybridized carbons (Fsp3) is 0.455. The van der Waals surface area contributed by atoms with Gasteiger partial charge in [0.05, 0.1) is 11.5 Å². The van der Waals surface area contributed by atoms with Crippen molar-refractivity contribution in [2.24, 2.45) is 0 Å². The first kappa shape index (κ1) is 15.0. The molecule has 1 aromatic carbocycles. The van der Waals surface area contributed by atoms with Gasteiger partial charge in [-0.05, 0) is 12.0 Å². The SMILES string of the molecule is COCC(Br)Cc1ccc([N+](=O)[O-])cc1C(F)F. The molecule has 100 valence electrons. The quantitative estimate of drug-likeness (QED) is 0.457. The molecule has 18 heavy (non-hydrogen) atoms. The molecule has 0 aromatic heterocycles. The van der Waals surface area contributed by atoms with E-state index in [-0.39, 0.29) is 16.1 Å². The molecule has 0 bridgehead atoms. The summed E-state index contributed by atoms with van der Waals surface area (Å²) in [6, 6.07) is 3.52. The maximum Gasteiger partial charge on any atom is 0.269 e. The highest BCUT2D eigenvalue weighted by molar-refractivity contribution is 9.09. The van der Waals surface area contributed by atoms with E-state index in [1.54, 1.807) is 0 Å². The van der Waals surface area contributed by atoms with Gasteiger partial charge in [0, 0.05) is 29.6 Å². The molecule has 0 saturated carbocycles. The van der Waals surface area contributed by atoms with Crippen molar-refractivity contribution >= 4 is 21.6 Å². The topological polar surface area (TPSA) is 52.4 Å². The Bertz CT molecular complexity index is 429. The highest BCUT2D eigenvalue weighted by Gasteiger charge is 2.19. The molecule has 0 N–H and O–H groups in total. The fourth-order valence-electron chi connectivity index (χ4n) is 1.56. The highest BCUT2D eigenvalue weighted by Crippen LogP contribution is 2.28. The monoisotopic (exact) mass is 323 g/mol. The molecular weight excluding hydrogens is 312 g/mol. The van der Waals surface area contributed by atoms with Crippen LogP contribution in [-0.2, 0) is 11.2 Å². The van der Waals surface area contributed by atoms with Gasteiger partial charge in [0.25, 0.3) is 12.1 Å². The van der Waals surface area contributed by atoms with Crippen LogP contribution in [0.3, 0.4) is 0 Å². The van der Waals surface area contributed by atoms with Gasteiger partial charge in [0.1, 0.15) is 0 Å². The minimum Gasteiger partial charge on any atom is -0.384 e. The van der Waals surface area contributed by atoms with E-state index in [9.17, 15) is 18.9 Å². The molecule has 0 aliphatic heterocycles. The Kier molecular flexibility index (Phi) is 5.61. The summed E-state index contributed by atoms with van der Waals surface area (Å²) in [5, 5.41) is 10.5. The molecule has 0 fully saturated rings. The van der Waals surface area contributed by atoms with Crippen LogP contribution in [0, 0.1) is 10.1 Å². The molecule has 0 radical (unpaired) electrons. The molecule has 0 saturated heterocycles. The molecule has 0 spiro atoms. The van der Waals surface area contributed by atoms with Crippen molar-refractivity contribution in [3.8, 4) is 0 Å². The fourth-order valence-corrected chi connectivity index (χ4v) is 2.18. The predicted molar refractivity (Wildman–Crippen MR) is 66.3 cm³/mol. The van der Waals surface area contributed by atoms with Gasteiger partial charge in [-0.1, -0.05) is 22.0 Å². The molecule has 7 heteroatoms. The minimum absolute atomic E-state index is 0.110. The van der Waals surface area contributed by atoms with Crippen molar-refractivity contribution < 1.29 is 18.4 Å². The van der Waals surface area contributed by atoms with Gasteiger partial charge >= 0.3 is 0 Å². The summed E-state index contributed by atoms with van der Waals surface area (Å²) in [6.45, 7) is 0.375. The van der Waals surface area contributed by atoms with Crippen molar-refractivity contribution in [2.75, 3.05) is 13.7 Å². The first-order valence-electron chi connectivity index (χ1n) is 5.14. The third-order valence-electron chi connectivity index (χ3n) is 2.36. The van der Waals surface area contributed by atoms with Gasteiger partial charge in [0.15, 0.2) is 0 Å². The minimum atomic E-state index is -2.73. The number of nitro benzene ring substituents is 1. The average molecular weight is 324 g/mol. The zero-order valence-electron chi connectivity index (χ0n) is 9.61. The lowest BCUT2D eigenvalue weighted by Crippen LogP contribution is -2.11. The lowest BCUT2D eigenvalue weighted by molar-refractivity contribution is -0.385. The second-order valence-electron chi connectivity index (χ2n) is 3.70. The zero-order chi connectivity index (χ0) is 13.7. The van der Waals surface area contributed by atoms with Gasteiger partial charge in [-0.15, -0.1) is 0 Å². The summed E-state index contributed by atoms with van der Waals surface area (Å²) in [7, 11) is 1.51. The van der Waals surface area contributed by atoms with E-state index in [0.717, 1.165) is 6.07 Å². The second-order valence-corrected chi connectivity index (χ2v) is 4.99. The highest BCUT2D eigenvalue weighted by atomic mass is 79.9. The van der Waals surface area contributed by atoms with E-state index < -0.39 is 11.3 Å². The summed E-state index contributed by atoms with van der Waals surface area (Å²) in [6.07, 6.45) is -2.41. The summed E-state index contributed by atoms with van der Waals surface area (Å²) >= 11 is 3.30. The number of halogens is 3. The maximum absolute atomic E-state index is 12.8. The number of hydrogen-bond acceptors (Lipinski definition) is 3. The van der Waals surface area contributed by atoms with Gasteiger partial charge in [-0.3, -0.25) is 10.1 Å². The molecule has 0 aliphatic rings. The van der Waals surface area contributed by atoms with Crippen LogP contribution in [0.1, 0.15) is 17.6 Å². The standard InChI is InChI=1S/C11H12BrF2NO3/c1-18-6-8(12)4-7-2-3-9(15(16)17)5-10(7)11(13)14/h2-3,5,8,11H,4,6H2,1H3. The lowest BCUT2D eigenvalue weighted by Gasteiger charge is -2.12. The van der Waals surface area contributed by atoms with Gasteiger partial charge in [0.2, 0.25) is 0 Å². The van der Waals surface area contributed by atoms with Crippen LogP contribution < -0.4 is 0 Å². The molecule has 0 aliphatic carbocycles. The number of benzene rings is 1. The smallest absolute Gasteiger partial charge is 0.269 e. The number of hydrogen-bond donors (Lipinski definition) is 0. The maximum atomic E-state index is 12.8. The van der Waals surface area contributed by atoms with Gasteiger partial charge in [-0.2, -0.15) is 0 Å². The van der Waals surface area contributed by atoms with E-state index in [2.05, 4.69) is 15.9 Å². The van der Waals surface area contributed by atoms with E-state index >= 15 is 0 Å². The van der Waals surface area contributed by atoms with Gasteiger partial charge < -0.3 is 4.74 Å². The van der Waals surface area contributed by atoms with Crippen molar-refractivity contribution in [1.29, 1.82) is 0 Å². The number of nitrogens with zero attached hydrogens (tertiary/aromatic N) is 1. The number of rotatable bonds is 6. The summed E-state index contributed by atoms with van der Waals surface area (Å²) < 4.78 is 30.6. The van der Waals surface area contributed by atoms with Gasteiger partial charge in [-0.25, -0.2) is 8.78 Å². The van der Waals surface area contributed by atoms with Crippen molar-refractivity contribution in [3.05, 3.63) is 39.4 Å². The summed E-state index contributed by atoms with van der Waals surface area (Å²) in [5.41, 5.74) is -0.244. The third-order valence-corrected chi connectivity index (χ3v) is 2.95. The number of alkyl halides is 3. The molecule has 1 atom stereocenters. The van der Waals surface area contributed by atoms with Crippen molar-refractivity contribution in [3.63, 3.8) is 0 Å². The second kappa shape index (κ2) is 6.75. The summed E-state index contributed by atoms with van der Waals surface area (Å²) in [4.78, 5) is 9.75. The largest absolute Gasteiger partial charge is 0.384 e. The molecular formula is C11H12BrF2NO3. The Morgan fingerprint density at radius 1 is 1.50 bits per heavy atom. The first-order valence-corrected chi connectivity index (χ1v) is 6.05. The number of nitro groups is 1. The Labute approximate surface area is 111 Å². The Morgan fingerprint density at radius 2 is 2.17 bits per heavy atom. The molecule has 4 nitrogen and oxygen atoms in total. The molecule has 1 aromatic rings. The van der Waals surface area contributed by atoms with Crippen LogP contribution in [0.25, 0.3) is 0 Å². The molecule has 1 unspecified atom stereocenters. The predicted octanol–water partition coefficient (Wildman–Crippen LogP) is 3.48. The van der Waals surface area contributed by atoms with Crippen LogP contribution in [0.5, 0.6) is 0 Å². The molecule has 1 rings (SSSR count). The molecule has 0 heterocycles. The van der Waals surface area contributed by atoms with Crippen LogP contribution in [-0.4, -0.2) is 23.5 Å². The summed E-state index contributed by atoms with van der Waals surface area (Å²) in [5.74, 6) is 0. The first-order chi connectivity index (χ1) is 8.45. The number of non-ortho nitro benzene ring substituents is 1. The normalized spacial score (nSPS) is 12.7. The number of methoxy groups -OCH3 is 1. The van der Waals surface area contributed by atoms with E-state index in [4.69, 9.17) is 4.74 Å². The Morgan fingerprint density at radius 3 is 2.67 bits per heavy atom. The van der Waals surface area contributed by atoms with E-state index in [1.165, 1.54) is 19.2 Å². The van der Waals surface area contributed by atoms with Crippen LogP contribution in [0.4, 0.5) is 14.5 Å². The Balaban J connectivity index is 3.00. The molecule has 0 amide bonds.